The number of phenolic OH excluding ortho intramolecular Hbond substituents is 1. The lowest BCUT2D eigenvalue weighted by Crippen LogP contribution is -2.24. The fraction of sp³-hybridized carbons (Fsp3) is 0.250. The van der Waals surface area contributed by atoms with Crippen LogP contribution >= 0.6 is 0 Å². The molecule has 0 spiro atoms. The fourth-order valence-corrected chi connectivity index (χ4v) is 1.79. The van der Waals surface area contributed by atoms with E-state index in [9.17, 15) is 18.7 Å². The molecule has 1 amide bonds. The summed E-state index contributed by atoms with van der Waals surface area (Å²) in [5.74, 6) is -0.905. The van der Waals surface area contributed by atoms with Gasteiger partial charge in [-0.15, -0.1) is 12.3 Å². The molecule has 1 aliphatic heterocycles. The zero-order valence-electron chi connectivity index (χ0n) is 8.78. The molecule has 0 aromatic heterocycles. The van der Waals surface area contributed by atoms with Crippen molar-refractivity contribution in [3.63, 3.8) is 0 Å². The SMILES string of the molecule is C#CC1CC(=O)N(c2cc(F)c(F)cc2O)C1. The molecule has 1 saturated heterocycles. The maximum atomic E-state index is 13.1. The van der Waals surface area contributed by atoms with Crippen molar-refractivity contribution in [3.8, 4) is 18.1 Å². The molecule has 1 fully saturated rings. The van der Waals surface area contributed by atoms with Crippen LogP contribution in [0.3, 0.4) is 0 Å². The molecular weight excluding hydrogens is 228 g/mol. The molecule has 2 rings (SSSR count). The second-order valence-corrected chi connectivity index (χ2v) is 3.83. The Bertz CT molecular complexity index is 522. The standard InChI is InChI=1S/C12H9F2NO2/c1-2-7-3-12(17)15(6-7)10-4-8(13)9(14)5-11(10)16/h1,4-5,7,16H,3,6H2. The molecule has 1 aromatic carbocycles. The predicted molar refractivity (Wildman–Crippen MR) is 57.3 cm³/mol. The molecular formula is C12H9F2NO2. The van der Waals surface area contributed by atoms with Gasteiger partial charge in [-0.05, 0) is 0 Å². The highest BCUT2D eigenvalue weighted by Crippen LogP contribution is 2.33. The third kappa shape index (κ3) is 1.94. The molecule has 5 heteroatoms. The maximum Gasteiger partial charge on any atom is 0.228 e. The molecule has 1 atom stereocenters. The predicted octanol–water partition coefficient (Wildman–Crippen LogP) is 1.66. The second-order valence-electron chi connectivity index (χ2n) is 3.83. The summed E-state index contributed by atoms with van der Waals surface area (Å²) in [4.78, 5) is 12.8. The number of carbonyl (C=O) groups is 1. The van der Waals surface area contributed by atoms with Crippen LogP contribution in [0, 0.1) is 29.9 Å². The zero-order valence-corrected chi connectivity index (χ0v) is 8.78. The third-order valence-electron chi connectivity index (χ3n) is 2.67. The van der Waals surface area contributed by atoms with E-state index in [1.807, 2.05) is 0 Å². The van der Waals surface area contributed by atoms with Gasteiger partial charge in [-0.1, -0.05) is 0 Å². The van der Waals surface area contributed by atoms with Gasteiger partial charge in [0.2, 0.25) is 5.91 Å². The van der Waals surface area contributed by atoms with Gasteiger partial charge < -0.3 is 10.0 Å². The van der Waals surface area contributed by atoms with Gasteiger partial charge in [-0.25, -0.2) is 8.78 Å². The first-order chi connectivity index (χ1) is 8.02. The van der Waals surface area contributed by atoms with Crippen LogP contribution in [-0.2, 0) is 4.79 Å². The highest BCUT2D eigenvalue weighted by molar-refractivity contribution is 5.97. The van der Waals surface area contributed by atoms with E-state index in [1.54, 1.807) is 0 Å². The Morgan fingerprint density at radius 3 is 2.65 bits per heavy atom. The van der Waals surface area contributed by atoms with Crippen LogP contribution in [0.25, 0.3) is 0 Å². The summed E-state index contributed by atoms with van der Waals surface area (Å²) in [6.07, 6.45) is 5.35. The van der Waals surface area contributed by atoms with Gasteiger partial charge in [0, 0.05) is 31.0 Å². The second kappa shape index (κ2) is 4.06. The van der Waals surface area contributed by atoms with Crippen LogP contribution in [0.15, 0.2) is 12.1 Å². The molecule has 3 nitrogen and oxygen atoms in total. The molecule has 0 saturated carbocycles. The minimum absolute atomic E-state index is 0.0494. The van der Waals surface area contributed by atoms with Gasteiger partial charge >= 0.3 is 0 Å². The summed E-state index contributed by atoms with van der Waals surface area (Å²) in [5.41, 5.74) is -0.0494. The summed E-state index contributed by atoms with van der Waals surface area (Å²) in [6, 6.07) is 1.43. The van der Waals surface area contributed by atoms with Crippen molar-refractivity contribution in [1.29, 1.82) is 0 Å². The Kier molecular flexibility index (Phi) is 2.72. The minimum Gasteiger partial charge on any atom is -0.506 e. The van der Waals surface area contributed by atoms with Crippen LogP contribution in [0.5, 0.6) is 5.75 Å². The molecule has 88 valence electrons. The summed E-state index contributed by atoms with van der Waals surface area (Å²) in [7, 11) is 0. The molecule has 0 radical (unpaired) electrons. The van der Waals surface area contributed by atoms with E-state index in [0.717, 1.165) is 6.07 Å². The highest BCUT2D eigenvalue weighted by Gasteiger charge is 2.31. The number of hydrogen-bond donors (Lipinski definition) is 1. The number of aromatic hydroxyl groups is 1. The van der Waals surface area contributed by atoms with Crippen LogP contribution in [-0.4, -0.2) is 17.6 Å². The Balaban J connectivity index is 2.39. The van der Waals surface area contributed by atoms with Crippen LogP contribution in [0.1, 0.15) is 6.42 Å². The van der Waals surface area contributed by atoms with Crippen molar-refractivity contribution < 1.29 is 18.7 Å². The van der Waals surface area contributed by atoms with E-state index >= 15 is 0 Å². The first kappa shape index (κ1) is 11.4. The number of phenols is 1. The molecule has 0 bridgehead atoms. The van der Waals surface area contributed by atoms with Crippen LogP contribution in [0.4, 0.5) is 14.5 Å². The Labute approximate surface area is 96.7 Å². The number of terminal acetylenes is 1. The molecule has 1 aromatic rings. The van der Waals surface area contributed by atoms with E-state index in [-0.39, 0.29) is 30.5 Å². The fourth-order valence-electron chi connectivity index (χ4n) is 1.79. The molecule has 0 aliphatic carbocycles. The molecule has 1 aliphatic rings. The number of anilines is 1. The molecule has 1 N–H and O–H groups in total. The maximum absolute atomic E-state index is 13.1. The van der Waals surface area contributed by atoms with E-state index in [1.165, 1.54) is 4.90 Å². The first-order valence-corrected chi connectivity index (χ1v) is 4.97. The number of halogens is 2. The van der Waals surface area contributed by atoms with Gasteiger partial charge in [0.1, 0.15) is 5.75 Å². The largest absolute Gasteiger partial charge is 0.506 e. The van der Waals surface area contributed by atoms with Gasteiger partial charge in [-0.2, -0.15) is 0 Å². The van der Waals surface area contributed by atoms with Crippen molar-refractivity contribution in [2.45, 2.75) is 6.42 Å². The normalized spacial score (nSPS) is 19.5. The average molecular weight is 237 g/mol. The minimum atomic E-state index is -1.16. The van der Waals surface area contributed by atoms with Gasteiger partial charge in [0.25, 0.3) is 0 Å². The van der Waals surface area contributed by atoms with Crippen LogP contribution < -0.4 is 4.90 Å². The number of amides is 1. The van der Waals surface area contributed by atoms with Crippen molar-refractivity contribution in [1.82, 2.24) is 0 Å². The summed E-state index contributed by atoms with van der Waals surface area (Å²) in [5, 5.41) is 9.50. The molecule has 17 heavy (non-hydrogen) atoms. The number of hydrogen-bond acceptors (Lipinski definition) is 2. The van der Waals surface area contributed by atoms with Crippen LogP contribution in [0.2, 0.25) is 0 Å². The van der Waals surface area contributed by atoms with Crippen molar-refractivity contribution in [3.05, 3.63) is 23.8 Å². The zero-order chi connectivity index (χ0) is 12.6. The smallest absolute Gasteiger partial charge is 0.228 e. The average Bonchev–Trinajstić information content (AvgIpc) is 2.65. The van der Waals surface area contributed by atoms with Gasteiger partial charge in [0.05, 0.1) is 5.69 Å². The van der Waals surface area contributed by atoms with E-state index in [4.69, 9.17) is 6.42 Å². The Hall–Kier alpha value is -2.09. The number of nitrogens with zero attached hydrogens (tertiary/aromatic N) is 1. The Morgan fingerprint density at radius 2 is 2.06 bits per heavy atom. The number of rotatable bonds is 1. The topological polar surface area (TPSA) is 40.5 Å². The quantitative estimate of drug-likeness (QED) is 0.754. The Morgan fingerprint density at radius 1 is 1.41 bits per heavy atom. The van der Waals surface area contributed by atoms with Crippen molar-refractivity contribution in [2.24, 2.45) is 5.92 Å². The van der Waals surface area contributed by atoms with Crippen molar-refractivity contribution in [2.75, 3.05) is 11.4 Å². The van der Waals surface area contributed by atoms with Crippen molar-refractivity contribution >= 4 is 11.6 Å². The third-order valence-corrected chi connectivity index (χ3v) is 2.67. The lowest BCUT2D eigenvalue weighted by molar-refractivity contribution is -0.117. The van der Waals surface area contributed by atoms with E-state index in [0.29, 0.717) is 6.07 Å². The molecule has 1 unspecified atom stereocenters. The summed E-state index contributed by atoms with van der Waals surface area (Å²) < 4.78 is 25.9. The lowest BCUT2D eigenvalue weighted by Gasteiger charge is -2.17. The monoisotopic (exact) mass is 237 g/mol. The number of benzene rings is 1. The molecule has 1 heterocycles. The highest BCUT2D eigenvalue weighted by atomic mass is 19.2. The number of carbonyl (C=O) groups excluding carboxylic acids is 1. The van der Waals surface area contributed by atoms with E-state index < -0.39 is 17.4 Å². The summed E-state index contributed by atoms with van der Waals surface area (Å²) in [6.45, 7) is 0.202. The van der Waals surface area contributed by atoms with Gasteiger partial charge in [0.15, 0.2) is 11.6 Å². The van der Waals surface area contributed by atoms with E-state index in [2.05, 4.69) is 5.92 Å². The summed E-state index contributed by atoms with van der Waals surface area (Å²) >= 11 is 0. The van der Waals surface area contributed by atoms with Gasteiger partial charge in [-0.3, -0.25) is 4.79 Å². The lowest BCUT2D eigenvalue weighted by atomic mass is 10.1. The first-order valence-electron chi connectivity index (χ1n) is 4.97.